The quantitative estimate of drug-likeness (QED) is 0.124. The number of carbonyl (C=O) groups excluding carboxylic acids is 2. The van der Waals surface area contributed by atoms with Gasteiger partial charge in [-0.15, -0.1) is 0 Å². The maximum atomic E-state index is 15.9. The van der Waals surface area contributed by atoms with Crippen LogP contribution in [0.2, 0.25) is 0 Å². The third kappa shape index (κ3) is 7.08. The predicted molar refractivity (Wildman–Crippen MR) is 206 cm³/mol. The number of benzene rings is 3. The van der Waals surface area contributed by atoms with E-state index in [1.54, 1.807) is 30.3 Å². The fourth-order valence-electron chi connectivity index (χ4n) is 7.89. The second kappa shape index (κ2) is 15.2. The van der Waals surface area contributed by atoms with Gasteiger partial charge in [-0.25, -0.2) is 18.5 Å². The second-order valence-corrected chi connectivity index (χ2v) is 14.4. The number of hydrogen-bond acceptors (Lipinski definition) is 9. The molecule has 0 bridgehead atoms. The molecule has 58 heavy (non-hydrogen) atoms. The van der Waals surface area contributed by atoms with E-state index in [0.717, 1.165) is 45.9 Å². The Morgan fingerprint density at radius 2 is 1.83 bits per heavy atom. The summed E-state index contributed by atoms with van der Waals surface area (Å²) in [5.41, 5.74) is 1.71. The van der Waals surface area contributed by atoms with Gasteiger partial charge >= 0.3 is 17.8 Å². The molecule has 3 aromatic heterocycles. The van der Waals surface area contributed by atoms with Crippen molar-refractivity contribution < 1.29 is 36.6 Å². The Kier molecular flexibility index (Phi) is 10.0. The predicted octanol–water partition coefficient (Wildman–Crippen LogP) is 5.28. The van der Waals surface area contributed by atoms with Crippen LogP contribution in [0.25, 0.3) is 27.5 Å². The number of aromatic nitrogens is 4. The lowest BCUT2D eigenvalue weighted by Gasteiger charge is -2.38. The maximum absolute atomic E-state index is 15.9. The highest BCUT2D eigenvalue weighted by Crippen LogP contribution is 2.33. The van der Waals surface area contributed by atoms with Gasteiger partial charge in [-0.05, 0) is 90.9 Å². The van der Waals surface area contributed by atoms with Crippen molar-refractivity contribution in [2.75, 3.05) is 24.7 Å². The van der Waals surface area contributed by atoms with E-state index in [1.165, 1.54) is 55.3 Å². The van der Waals surface area contributed by atoms with Crippen molar-refractivity contribution in [2.45, 2.75) is 50.9 Å². The van der Waals surface area contributed by atoms with Crippen LogP contribution < -0.4 is 26.2 Å². The number of morpholine rings is 1. The van der Waals surface area contributed by atoms with Crippen molar-refractivity contribution in [1.29, 1.82) is 0 Å². The molecule has 1 fully saturated rings. The molecule has 6 aromatic rings. The molecule has 12 nitrogen and oxygen atoms in total. The molecule has 0 saturated carbocycles. The van der Waals surface area contributed by atoms with Gasteiger partial charge in [-0.2, -0.15) is 13.2 Å². The summed E-state index contributed by atoms with van der Waals surface area (Å²) in [7, 11) is 1.52. The molecule has 1 saturated heterocycles. The minimum Gasteiger partial charge on any atom is -0.425 e. The molecule has 8 rings (SSSR count). The van der Waals surface area contributed by atoms with Gasteiger partial charge in [-0.3, -0.25) is 24.1 Å². The lowest BCUT2D eigenvalue weighted by molar-refractivity contribution is -0.167. The first-order valence-corrected chi connectivity index (χ1v) is 18.6. The van der Waals surface area contributed by atoms with E-state index in [-0.39, 0.29) is 53.2 Å². The number of nitrogens with zero attached hydrogens (tertiary/aromatic N) is 5. The Balaban J connectivity index is 1.16. The molecule has 1 amide bonds. The first-order chi connectivity index (χ1) is 27.8. The number of hydrogen-bond donors (Lipinski definition) is 1. The number of halogens is 4. The van der Waals surface area contributed by atoms with Crippen LogP contribution in [0, 0.1) is 12.7 Å². The first-order valence-electron chi connectivity index (χ1n) is 18.6. The summed E-state index contributed by atoms with van der Waals surface area (Å²) in [6, 6.07) is 12.0. The molecule has 4 heterocycles. The molecule has 0 spiro atoms. The van der Waals surface area contributed by atoms with Crippen LogP contribution in [0.1, 0.15) is 39.0 Å². The molecule has 1 aliphatic heterocycles. The lowest BCUT2D eigenvalue weighted by Crippen LogP contribution is -2.53. The molecule has 2 atom stereocenters. The third-order valence-electron chi connectivity index (χ3n) is 10.8. The van der Waals surface area contributed by atoms with Crippen LogP contribution >= 0.6 is 0 Å². The normalized spacial score (nSPS) is 16.0. The van der Waals surface area contributed by atoms with Crippen molar-refractivity contribution in [1.82, 2.24) is 24.4 Å². The van der Waals surface area contributed by atoms with Gasteiger partial charge in [0.1, 0.15) is 23.7 Å². The maximum Gasteiger partial charge on any atom is 0.411 e. The van der Waals surface area contributed by atoms with Crippen LogP contribution in [-0.4, -0.2) is 69.0 Å². The average Bonchev–Trinajstić information content (AvgIpc) is 3.68. The van der Waals surface area contributed by atoms with Crippen molar-refractivity contribution in [3.8, 4) is 11.4 Å². The summed E-state index contributed by atoms with van der Waals surface area (Å²) >= 11 is 0. The van der Waals surface area contributed by atoms with E-state index in [2.05, 4.69) is 15.3 Å². The molecular weight excluding hydrogens is 760 g/mol. The zero-order valence-corrected chi connectivity index (χ0v) is 31.3. The summed E-state index contributed by atoms with van der Waals surface area (Å²) in [6.07, 6.45) is 2.19. The number of nitrogens with one attached hydrogen (secondary N) is 1. The minimum atomic E-state index is -4.65. The number of carbonyl (C=O) groups is 2. The van der Waals surface area contributed by atoms with Gasteiger partial charge in [0.2, 0.25) is 0 Å². The number of esters is 1. The van der Waals surface area contributed by atoms with Crippen molar-refractivity contribution >= 4 is 39.4 Å². The number of amides is 1. The average molecular weight is 797 g/mol. The van der Waals surface area contributed by atoms with Gasteiger partial charge in [0.05, 0.1) is 47.1 Å². The number of ether oxygens (including phenoxy) is 2. The lowest BCUT2D eigenvalue weighted by atomic mass is 9.99. The summed E-state index contributed by atoms with van der Waals surface area (Å²) in [5, 5.41) is 3.32. The zero-order chi connectivity index (χ0) is 40.9. The van der Waals surface area contributed by atoms with Gasteiger partial charge in [0.15, 0.2) is 0 Å². The van der Waals surface area contributed by atoms with E-state index < -0.39 is 59.4 Å². The second-order valence-electron chi connectivity index (χ2n) is 14.4. The van der Waals surface area contributed by atoms with Crippen LogP contribution in [0.15, 0.2) is 88.8 Å². The fraction of sp³-hybridized carbons (Fsp3) is 0.286. The Hall–Kier alpha value is -6.42. The fourth-order valence-corrected chi connectivity index (χ4v) is 7.89. The van der Waals surface area contributed by atoms with Crippen molar-refractivity contribution in [3.05, 3.63) is 134 Å². The summed E-state index contributed by atoms with van der Waals surface area (Å²) in [6.45, 7) is 0.630. The Labute approximate surface area is 327 Å². The molecule has 1 aliphatic carbocycles. The van der Waals surface area contributed by atoms with Gasteiger partial charge < -0.3 is 19.7 Å². The molecule has 1 N–H and O–H groups in total. The Morgan fingerprint density at radius 1 is 1.02 bits per heavy atom. The Morgan fingerprint density at radius 3 is 2.62 bits per heavy atom. The number of aryl methyl sites for hydroxylation is 4. The minimum absolute atomic E-state index is 0.00203. The molecule has 298 valence electrons. The van der Waals surface area contributed by atoms with E-state index in [0.29, 0.717) is 16.5 Å². The summed E-state index contributed by atoms with van der Waals surface area (Å²) in [4.78, 5) is 64.9. The van der Waals surface area contributed by atoms with E-state index in [9.17, 15) is 32.3 Å². The van der Waals surface area contributed by atoms with Gasteiger partial charge in [-0.1, -0.05) is 18.2 Å². The molecule has 16 heteroatoms. The number of fused-ring (bicyclic) bond motifs is 3. The van der Waals surface area contributed by atoms with Crippen molar-refractivity contribution in [2.24, 2.45) is 7.05 Å². The van der Waals surface area contributed by atoms with Crippen LogP contribution in [0.5, 0.6) is 5.75 Å². The molecule has 3 aromatic carbocycles. The van der Waals surface area contributed by atoms with E-state index in [4.69, 9.17) is 9.47 Å². The SMILES string of the molecule is Cc1cc(N2CCOC[C@@H]2C(F)(F)F)cc(F)c1C(=O)N[C@@H](Cc1ccc(-n2c(=O)c3ccncc3n(C)c2=O)c2ncccc12)C(=O)Oc1ccc2c(c1)CCC2. The third-order valence-corrected chi connectivity index (χ3v) is 10.8. The van der Waals surface area contributed by atoms with Gasteiger partial charge in [0.25, 0.3) is 11.5 Å². The zero-order valence-electron chi connectivity index (χ0n) is 31.3. The Bertz CT molecular complexity index is 2730. The van der Waals surface area contributed by atoms with Gasteiger partial charge in [0, 0.05) is 43.5 Å². The standard InChI is InChI=1S/C42H36F4N6O6/c1-23-17-27(51-15-16-57-22-35(51)42(44,45)46)20-31(43)36(23)38(53)49-32(40(55)58-28-10-8-24-5-3-6-25(24)18-28)19-26-9-11-33(37-29(26)7-4-13-48-37)52-39(54)30-12-14-47-21-34(30)50(2)41(52)56/h4,7-14,17-18,20-21,32,35H,3,5-6,15-16,19,22H2,1-2H3,(H,49,53)/t32-,35+/m0/s1. The number of alkyl halides is 3. The van der Waals surface area contributed by atoms with E-state index in [1.807, 2.05) is 6.07 Å². The molecule has 2 aliphatic rings. The number of rotatable bonds is 8. The summed E-state index contributed by atoms with van der Waals surface area (Å²) in [5.74, 6) is -2.68. The number of pyridine rings is 2. The van der Waals surface area contributed by atoms with Crippen molar-refractivity contribution in [3.63, 3.8) is 0 Å². The molecule has 0 radical (unpaired) electrons. The summed E-state index contributed by atoms with van der Waals surface area (Å²) < 4.78 is 70.7. The molecule has 0 unspecified atom stereocenters. The highest BCUT2D eigenvalue weighted by molar-refractivity contribution is 5.99. The first kappa shape index (κ1) is 38.5. The largest absolute Gasteiger partial charge is 0.425 e. The number of anilines is 1. The topological polar surface area (TPSA) is 138 Å². The van der Waals surface area contributed by atoms with Crippen LogP contribution in [0.4, 0.5) is 23.2 Å². The van der Waals surface area contributed by atoms with Crippen LogP contribution in [0.3, 0.4) is 0 Å². The highest BCUT2D eigenvalue weighted by Gasteiger charge is 2.45. The monoisotopic (exact) mass is 796 g/mol. The highest BCUT2D eigenvalue weighted by atomic mass is 19.4. The molecular formula is C42H36F4N6O6. The smallest absolute Gasteiger partial charge is 0.411 e. The van der Waals surface area contributed by atoms with Crippen LogP contribution in [-0.2, 0) is 35.8 Å². The van der Waals surface area contributed by atoms with E-state index >= 15 is 4.39 Å².